The van der Waals surface area contributed by atoms with E-state index >= 15 is 0 Å². The first kappa shape index (κ1) is 15.1. The lowest BCUT2D eigenvalue weighted by molar-refractivity contribution is 0.669. The molecule has 0 aliphatic rings. The van der Waals surface area contributed by atoms with Crippen molar-refractivity contribution in [3.63, 3.8) is 0 Å². The summed E-state index contributed by atoms with van der Waals surface area (Å²) in [5.74, 6) is 0. The van der Waals surface area contributed by atoms with Crippen LogP contribution in [0.1, 0.15) is 0 Å². The van der Waals surface area contributed by atoms with Crippen LogP contribution < -0.4 is 0 Å². The molecule has 0 fully saturated rings. The Morgan fingerprint density at radius 3 is 1.97 bits per heavy atom. The van der Waals surface area contributed by atoms with E-state index in [4.69, 9.17) is 4.42 Å². The van der Waals surface area contributed by atoms with E-state index in [2.05, 4.69) is 84.9 Å². The van der Waals surface area contributed by atoms with Crippen molar-refractivity contribution in [2.75, 3.05) is 0 Å². The van der Waals surface area contributed by atoms with E-state index in [-0.39, 0.29) is 0 Å². The summed E-state index contributed by atoms with van der Waals surface area (Å²) in [6, 6.07) is 34.8. The minimum absolute atomic E-state index is 0.938. The van der Waals surface area contributed by atoms with Gasteiger partial charge in [-0.15, -0.1) is 0 Å². The summed E-state index contributed by atoms with van der Waals surface area (Å²) >= 11 is 0. The van der Waals surface area contributed by atoms with E-state index in [9.17, 15) is 0 Å². The third-order valence-corrected chi connectivity index (χ3v) is 6.22. The predicted molar refractivity (Wildman–Crippen MR) is 123 cm³/mol. The van der Waals surface area contributed by atoms with Gasteiger partial charge in [0, 0.05) is 10.8 Å². The first-order chi connectivity index (χ1) is 14.4. The van der Waals surface area contributed by atoms with Crippen LogP contribution in [0.25, 0.3) is 65.4 Å². The predicted octanol–water partition coefficient (Wildman–Crippen LogP) is 8.15. The average Bonchev–Trinajstić information content (AvgIpc) is 3.16. The summed E-state index contributed by atoms with van der Waals surface area (Å²) < 4.78 is 6.14. The molecular weight excluding hydrogens is 352 g/mol. The molecule has 0 N–H and O–H groups in total. The van der Waals surface area contributed by atoms with Gasteiger partial charge in [0.05, 0.1) is 0 Å². The standard InChI is InChI=1S/C28H16O/c1-2-9-24-23(7-1)28-21(8-4-10-25(28)29-24)20-15-13-19-12-11-17-5-3-6-18-14-16-22(20)27(19)26(17)18/h1-16H. The fourth-order valence-corrected chi connectivity index (χ4v) is 4.97. The van der Waals surface area contributed by atoms with Gasteiger partial charge in [0.1, 0.15) is 11.2 Å². The Morgan fingerprint density at radius 1 is 0.379 bits per heavy atom. The van der Waals surface area contributed by atoms with E-state index in [1.807, 2.05) is 12.1 Å². The molecule has 1 nitrogen and oxygen atoms in total. The molecule has 1 aromatic heterocycles. The minimum atomic E-state index is 0.938. The summed E-state index contributed by atoms with van der Waals surface area (Å²) in [5.41, 5.74) is 4.36. The second-order valence-corrected chi connectivity index (χ2v) is 7.75. The molecule has 0 saturated heterocycles. The van der Waals surface area contributed by atoms with Crippen molar-refractivity contribution >= 4 is 54.3 Å². The van der Waals surface area contributed by atoms with Crippen molar-refractivity contribution in [2.45, 2.75) is 0 Å². The van der Waals surface area contributed by atoms with Crippen LogP contribution in [0.4, 0.5) is 0 Å². The Kier molecular flexibility index (Phi) is 2.80. The lowest BCUT2D eigenvalue weighted by Gasteiger charge is -2.14. The first-order valence-electron chi connectivity index (χ1n) is 9.96. The van der Waals surface area contributed by atoms with Crippen LogP contribution in [0.5, 0.6) is 0 Å². The summed E-state index contributed by atoms with van der Waals surface area (Å²) in [6.07, 6.45) is 0. The molecule has 1 heterocycles. The van der Waals surface area contributed by atoms with Crippen LogP contribution in [-0.4, -0.2) is 0 Å². The highest BCUT2D eigenvalue weighted by Crippen LogP contribution is 2.42. The molecule has 1 heteroatoms. The zero-order chi connectivity index (χ0) is 18.9. The first-order valence-corrected chi connectivity index (χ1v) is 9.96. The fraction of sp³-hybridized carbons (Fsp3) is 0. The third kappa shape index (κ3) is 1.94. The second-order valence-electron chi connectivity index (χ2n) is 7.75. The van der Waals surface area contributed by atoms with E-state index in [1.165, 1.54) is 54.2 Å². The molecule has 29 heavy (non-hydrogen) atoms. The zero-order valence-electron chi connectivity index (χ0n) is 15.6. The molecular formula is C28H16O. The highest BCUT2D eigenvalue weighted by molar-refractivity contribution is 6.26. The van der Waals surface area contributed by atoms with Gasteiger partial charge in [-0.2, -0.15) is 0 Å². The van der Waals surface area contributed by atoms with Gasteiger partial charge in [-0.3, -0.25) is 0 Å². The fourth-order valence-electron chi connectivity index (χ4n) is 4.97. The van der Waals surface area contributed by atoms with E-state index < -0.39 is 0 Å². The van der Waals surface area contributed by atoms with Crippen LogP contribution >= 0.6 is 0 Å². The Balaban J connectivity index is 1.69. The molecule has 6 aromatic carbocycles. The van der Waals surface area contributed by atoms with E-state index in [0.29, 0.717) is 0 Å². The number of rotatable bonds is 1. The Hall–Kier alpha value is -3.84. The van der Waals surface area contributed by atoms with E-state index in [0.717, 1.165) is 11.2 Å². The van der Waals surface area contributed by atoms with Gasteiger partial charge in [0.25, 0.3) is 0 Å². The highest BCUT2D eigenvalue weighted by atomic mass is 16.3. The smallest absolute Gasteiger partial charge is 0.136 e. The molecule has 7 aromatic rings. The lowest BCUT2D eigenvalue weighted by Crippen LogP contribution is -1.87. The largest absolute Gasteiger partial charge is 0.456 e. The maximum atomic E-state index is 6.14. The SMILES string of the molecule is c1cc2ccc3ccc(-c4cccc5oc6ccccc6c45)c4ccc(c1)c2c34. The second kappa shape index (κ2) is 5.36. The van der Waals surface area contributed by atoms with Crippen LogP contribution in [0, 0.1) is 0 Å². The number of benzene rings is 6. The molecule has 0 unspecified atom stereocenters. The van der Waals surface area contributed by atoms with Crippen molar-refractivity contribution in [3.8, 4) is 11.1 Å². The summed E-state index contributed by atoms with van der Waals surface area (Å²) in [5, 5.41) is 10.2. The molecule has 134 valence electrons. The summed E-state index contributed by atoms with van der Waals surface area (Å²) in [7, 11) is 0. The highest BCUT2D eigenvalue weighted by Gasteiger charge is 2.16. The number of furan rings is 1. The lowest BCUT2D eigenvalue weighted by atomic mass is 9.89. The van der Waals surface area contributed by atoms with Gasteiger partial charge in [0.2, 0.25) is 0 Å². The molecule has 0 atom stereocenters. The number of para-hydroxylation sites is 1. The molecule has 0 saturated carbocycles. The zero-order valence-corrected chi connectivity index (χ0v) is 15.6. The van der Waals surface area contributed by atoms with Crippen molar-refractivity contribution in [2.24, 2.45) is 0 Å². The number of fused-ring (bicyclic) bond motifs is 3. The minimum Gasteiger partial charge on any atom is -0.456 e. The van der Waals surface area contributed by atoms with Gasteiger partial charge >= 0.3 is 0 Å². The van der Waals surface area contributed by atoms with Gasteiger partial charge in [-0.05, 0) is 55.6 Å². The third-order valence-electron chi connectivity index (χ3n) is 6.22. The monoisotopic (exact) mass is 368 g/mol. The Morgan fingerprint density at radius 2 is 1.07 bits per heavy atom. The van der Waals surface area contributed by atoms with Crippen molar-refractivity contribution in [3.05, 3.63) is 97.1 Å². The van der Waals surface area contributed by atoms with Crippen LogP contribution in [-0.2, 0) is 0 Å². The summed E-state index contributed by atoms with van der Waals surface area (Å²) in [4.78, 5) is 0. The molecule has 0 radical (unpaired) electrons. The number of hydrogen-bond donors (Lipinski definition) is 0. The molecule has 0 aliphatic carbocycles. The van der Waals surface area contributed by atoms with E-state index in [1.54, 1.807) is 0 Å². The molecule has 7 rings (SSSR count). The summed E-state index contributed by atoms with van der Waals surface area (Å²) in [6.45, 7) is 0. The van der Waals surface area contributed by atoms with Gasteiger partial charge in [-0.25, -0.2) is 0 Å². The Bertz CT molecular complexity index is 1680. The van der Waals surface area contributed by atoms with Crippen LogP contribution in [0.2, 0.25) is 0 Å². The van der Waals surface area contributed by atoms with Crippen molar-refractivity contribution in [1.29, 1.82) is 0 Å². The molecule has 0 aliphatic heterocycles. The average molecular weight is 368 g/mol. The molecule has 0 amide bonds. The van der Waals surface area contributed by atoms with Gasteiger partial charge in [0.15, 0.2) is 0 Å². The quantitative estimate of drug-likeness (QED) is 0.266. The van der Waals surface area contributed by atoms with Gasteiger partial charge in [-0.1, -0.05) is 84.9 Å². The maximum Gasteiger partial charge on any atom is 0.136 e. The molecule has 0 bridgehead atoms. The number of hydrogen-bond acceptors (Lipinski definition) is 1. The van der Waals surface area contributed by atoms with Crippen LogP contribution in [0.15, 0.2) is 101 Å². The van der Waals surface area contributed by atoms with Crippen molar-refractivity contribution < 1.29 is 4.42 Å². The van der Waals surface area contributed by atoms with Crippen LogP contribution in [0.3, 0.4) is 0 Å². The molecule has 0 spiro atoms. The maximum absolute atomic E-state index is 6.14. The normalized spacial score (nSPS) is 12.1. The van der Waals surface area contributed by atoms with Crippen molar-refractivity contribution in [1.82, 2.24) is 0 Å². The topological polar surface area (TPSA) is 13.1 Å². The van der Waals surface area contributed by atoms with Gasteiger partial charge < -0.3 is 4.42 Å². The Labute approximate surface area is 167 Å².